The van der Waals surface area contributed by atoms with Gasteiger partial charge < -0.3 is 5.73 Å². The Hall–Kier alpha value is 0.620. The van der Waals surface area contributed by atoms with Crippen LogP contribution in [-0.4, -0.2) is 30.9 Å². The predicted molar refractivity (Wildman–Crippen MR) is 50.3 cm³/mol. The van der Waals surface area contributed by atoms with E-state index in [2.05, 4.69) is 11.0 Å². The standard InChI is InChI=1S/C6H14N2S2/c1-9-8-3-6(2-7)4-10-5-6/h8H,2-5,7H2,1H3. The number of thioether (sulfide) groups is 1. The van der Waals surface area contributed by atoms with Gasteiger partial charge in [0.1, 0.15) is 0 Å². The first kappa shape index (κ1) is 8.71. The molecule has 0 aromatic carbocycles. The summed E-state index contributed by atoms with van der Waals surface area (Å²) in [4.78, 5) is 0. The first-order valence-corrected chi connectivity index (χ1v) is 5.75. The summed E-state index contributed by atoms with van der Waals surface area (Å²) >= 11 is 3.67. The van der Waals surface area contributed by atoms with Crippen LogP contribution in [0.5, 0.6) is 0 Å². The Labute approximate surface area is 70.8 Å². The zero-order valence-corrected chi connectivity index (χ0v) is 7.86. The molecule has 2 nitrogen and oxygen atoms in total. The Bertz CT molecular complexity index is 98.4. The lowest BCUT2D eigenvalue weighted by molar-refractivity contribution is 0.377. The third-order valence-electron chi connectivity index (χ3n) is 1.84. The highest BCUT2D eigenvalue weighted by Crippen LogP contribution is 2.36. The molecule has 0 atom stereocenters. The number of nitrogens with one attached hydrogen (secondary N) is 1. The molecule has 0 spiro atoms. The van der Waals surface area contributed by atoms with Gasteiger partial charge in [0.2, 0.25) is 0 Å². The Kier molecular flexibility index (Phi) is 3.36. The zero-order valence-electron chi connectivity index (χ0n) is 6.22. The smallest absolute Gasteiger partial charge is 0.0143 e. The van der Waals surface area contributed by atoms with Gasteiger partial charge in [-0.3, -0.25) is 4.72 Å². The maximum absolute atomic E-state index is 5.65. The van der Waals surface area contributed by atoms with Gasteiger partial charge in [0.25, 0.3) is 0 Å². The summed E-state index contributed by atoms with van der Waals surface area (Å²) in [5.41, 5.74) is 6.07. The minimum atomic E-state index is 0.424. The number of nitrogens with two attached hydrogens (primary N) is 1. The van der Waals surface area contributed by atoms with Crippen molar-refractivity contribution in [2.45, 2.75) is 0 Å². The van der Waals surface area contributed by atoms with Gasteiger partial charge in [-0.15, -0.1) is 0 Å². The van der Waals surface area contributed by atoms with Gasteiger partial charge in [-0.05, 0) is 6.26 Å². The van der Waals surface area contributed by atoms with E-state index in [0.717, 1.165) is 13.1 Å². The van der Waals surface area contributed by atoms with Crippen molar-refractivity contribution in [3.05, 3.63) is 0 Å². The molecular weight excluding hydrogens is 164 g/mol. The summed E-state index contributed by atoms with van der Waals surface area (Å²) in [6.07, 6.45) is 2.05. The summed E-state index contributed by atoms with van der Waals surface area (Å²) in [5, 5.41) is 0. The van der Waals surface area contributed by atoms with Crippen molar-refractivity contribution in [2.75, 3.05) is 30.9 Å². The summed E-state index contributed by atoms with van der Waals surface area (Å²) in [5.74, 6) is 2.47. The molecule has 0 radical (unpaired) electrons. The molecule has 0 saturated carbocycles. The van der Waals surface area contributed by atoms with Gasteiger partial charge in [0, 0.05) is 30.0 Å². The van der Waals surface area contributed by atoms with Crippen LogP contribution in [0.4, 0.5) is 0 Å². The van der Waals surface area contributed by atoms with Crippen LogP contribution in [0, 0.1) is 5.41 Å². The lowest BCUT2D eigenvalue weighted by atomic mass is 9.92. The largest absolute Gasteiger partial charge is 0.330 e. The maximum Gasteiger partial charge on any atom is 0.0143 e. The number of hydrogen-bond acceptors (Lipinski definition) is 4. The average Bonchev–Trinajstić information content (AvgIpc) is 1.87. The SMILES string of the molecule is CSNCC1(CN)CSC1. The van der Waals surface area contributed by atoms with E-state index >= 15 is 0 Å². The average molecular weight is 178 g/mol. The van der Waals surface area contributed by atoms with Gasteiger partial charge >= 0.3 is 0 Å². The fraction of sp³-hybridized carbons (Fsp3) is 1.00. The molecule has 0 bridgehead atoms. The first-order chi connectivity index (χ1) is 4.83. The third-order valence-corrected chi connectivity index (χ3v) is 3.91. The fourth-order valence-electron chi connectivity index (χ4n) is 0.908. The van der Waals surface area contributed by atoms with E-state index in [0.29, 0.717) is 5.41 Å². The molecule has 1 fully saturated rings. The van der Waals surface area contributed by atoms with Crippen LogP contribution in [0.2, 0.25) is 0 Å². The molecule has 10 heavy (non-hydrogen) atoms. The topological polar surface area (TPSA) is 38.0 Å². The first-order valence-electron chi connectivity index (χ1n) is 3.37. The van der Waals surface area contributed by atoms with Gasteiger partial charge in [-0.25, -0.2) is 0 Å². The second-order valence-corrected chi connectivity index (χ2v) is 4.40. The highest BCUT2D eigenvalue weighted by atomic mass is 32.2. The van der Waals surface area contributed by atoms with Crippen molar-refractivity contribution < 1.29 is 0 Å². The van der Waals surface area contributed by atoms with Crippen LogP contribution in [0.3, 0.4) is 0 Å². The van der Waals surface area contributed by atoms with Gasteiger partial charge in [-0.1, -0.05) is 11.9 Å². The minimum Gasteiger partial charge on any atom is -0.330 e. The van der Waals surface area contributed by atoms with E-state index in [9.17, 15) is 0 Å². The quantitative estimate of drug-likeness (QED) is 0.617. The predicted octanol–water partition coefficient (Wildman–Crippen LogP) is 0.546. The molecule has 1 heterocycles. The van der Waals surface area contributed by atoms with Crippen LogP contribution in [0.15, 0.2) is 0 Å². The lowest BCUT2D eigenvalue weighted by Gasteiger charge is -2.40. The highest BCUT2D eigenvalue weighted by molar-refractivity contribution is 8.00. The monoisotopic (exact) mass is 178 g/mol. The molecule has 0 amide bonds. The lowest BCUT2D eigenvalue weighted by Crippen LogP contribution is -2.48. The van der Waals surface area contributed by atoms with Crippen LogP contribution in [0.1, 0.15) is 0 Å². The van der Waals surface area contributed by atoms with E-state index in [1.54, 1.807) is 11.9 Å². The molecule has 60 valence electrons. The molecular formula is C6H14N2S2. The summed E-state index contributed by atoms with van der Waals surface area (Å²) in [7, 11) is 0. The van der Waals surface area contributed by atoms with E-state index in [-0.39, 0.29) is 0 Å². The normalized spacial score (nSPS) is 22.2. The number of rotatable bonds is 4. The van der Waals surface area contributed by atoms with Crippen LogP contribution >= 0.6 is 23.7 Å². The van der Waals surface area contributed by atoms with Crippen molar-refractivity contribution in [1.29, 1.82) is 0 Å². The molecule has 3 N–H and O–H groups in total. The Morgan fingerprint density at radius 3 is 2.70 bits per heavy atom. The maximum atomic E-state index is 5.65. The molecule has 1 saturated heterocycles. The second kappa shape index (κ2) is 3.85. The fourth-order valence-corrected chi connectivity index (χ4v) is 2.58. The molecule has 0 aromatic rings. The van der Waals surface area contributed by atoms with Gasteiger partial charge in [0.15, 0.2) is 0 Å². The summed E-state index contributed by atoms with van der Waals surface area (Å²) in [6.45, 7) is 1.89. The van der Waals surface area contributed by atoms with Gasteiger partial charge in [-0.2, -0.15) is 11.8 Å². The summed E-state index contributed by atoms with van der Waals surface area (Å²) in [6, 6.07) is 0. The van der Waals surface area contributed by atoms with E-state index in [1.165, 1.54) is 11.5 Å². The highest BCUT2D eigenvalue weighted by Gasteiger charge is 2.35. The van der Waals surface area contributed by atoms with E-state index in [4.69, 9.17) is 5.73 Å². The van der Waals surface area contributed by atoms with Gasteiger partial charge in [0.05, 0.1) is 0 Å². The van der Waals surface area contributed by atoms with Crippen LogP contribution in [-0.2, 0) is 0 Å². The van der Waals surface area contributed by atoms with E-state index < -0.39 is 0 Å². The van der Waals surface area contributed by atoms with Crippen molar-refractivity contribution in [3.63, 3.8) is 0 Å². The zero-order chi connectivity index (χ0) is 7.45. The summed E-state index contributed by atoms with van der Waals surface area (Å²) < 4.78 is 3.27. The van der Waals surface area contributed by atoms with Crippen molar-refractivity contribution in [1.82, 2.24) is 4.72 Å². The van der Waals surface area contributed by atoms with Crippen LogP contribution < -0.4 is 10.5 Å². The Morgan fingerprint density at radius 1 is 1.70 bits per heavy atom. The molecule has 1 rings (SSSR count). The van der Waals surface area contributed by atoms with E-state index in [1.807, 2.05) is 11.8 Å². The van der Waals surface area contributed by atoms with Crippen molar-refractivity contribution in [2.24, 2.45) is 11.1 Å². The van der Waals surface area contributed by atoms with Crippen LogP contribution in [0.25, 0.3) is 0 Å². The van der Waals surface area contributed by atoms with Crippen molar-refractivity contribution >= 4 is 23.7 Å². The van der Waals surface area contributed by atoms with Crippen molar-refractivity contribution in [3.8, 4) is 0 Å². The molecule has 1 aliphatic heterocycles. The third kappa shape index (κ3) is 1.81. The molecule has 1 aliphatic rings. The minimum absolute atomic E-state index is 0.424. The molecule has 0 aliphatic carbocycles. The molecule has 0 aromatic heterocycles. The second-order valence-electron chi connectivity index (χ2n) is 2.72. The molecule has 4 heteroatoms. The Morgan fingerprint density at radius 2 is 2.40 bits per heavy atom. The Balaban J connectivity index is 2.20. The molecule has 0 unspecified atom stereocenters. The number of hydrogen-bond donors (Lipinski definition) is 2.